The number of amides is 4. The molecule has 0 saturated carbocycles. The van der Waals surface area contributed by atoms with Crippen molar-refractivity contribution in [2.24, 2.45) is 0 Å². The third-order valence-electron chi connectivity index (χ3n) is 4.85. The summed E-state index contributed by atoms with van der Waals surface area (Å²) < 4.78 is 19.1. The van der Waals surface area contributed by atoms with Crippen LogP contribution in [0.4, 0.5) is 9.18 Å². The molecule has 0 bridgehead atoms. The van der Waals surface area contributed by atoms with Gasteiger partial charge in [0.1, 0.15) is 11.6 Å². The average molecular weight is 395 g/mol. The van der Waals surface area contributed by atoms with E-state index in [1.54, 1.807) is 24.3 Å². The monoisotopic (exact) mass is 395 g/mol. The molecule has 1 fully saturated rings. The molecule has 2 N–H and O–H groups in total. The number of nitrogens with zero attached hydrogens (tertiary/aromatic N) is 1. The minimum Gasteiger partial charge on any atom is -0.497 e. The molecular weight excluding hydrogens is 377 g/mol. The van der Waals surface area contributed by atoms with Gasteiger partial charge in [-0.3, -0.25) is 14.9 Å². The molecule has 2 aromatic rings. The number of fused-ring (bicyclic) bond motifs is 1. The third-order valence-corrected chi connectivity index (χ3v) is 4.85. The highest BCUT2D eigenvalue weighted by Crippen LogP contribution is 2.28. The molecule has 1 saturated heterocycles. The van der Waals surface area contributed by atoms with Crippen LogP contribution in [0.25, 0.3) is 0 Å². The summed E-state index contributed by atoms with van der Waals surface area (Å²) in [5.41, 5.74) is -0.355. The lowest BCUT2D eigenvalue weighted by atomic mass is 9.99. The Morgan fingerprint density at radius 1 is 1.24 bits per heavy atom. The van der Waals surface area contributed by atoms with Gasteiger partial charge in [0.05, 0.1) is 19.2 Å². The van der Waals surface area contributed by atoms with E-state index in [1.165, 1.54) is 30.2 Å². The van der Waals surface area contributed by atoms with Crippen LogP contribution in [0, 0.1) is 17.7 Å². The molecule has 148 valence electrons. The summed E-state index contributed by atoms with van der Waals surface area (Å²) in [4.78, 5) is 38.6. The van der Waals surface area contributed by atoms with E-state index >= 15 is 0 Å². The predicted molar refractivity (Wildman–Crippen MR) is 103 cm³/mol. The molecule has 29 heavy (non-hydrogen) atoms. The number of halogens is 1. The van der Waals surface area contributed by atoms with Crippen LogP contribution in [0.15, 0.2) is 42.5 Å². The number of urea groups is 1. The number of carbonyl (C=O) groups excluding carboxylic acids is 3. The van der Waals surface area contributed by atoms with Crippen LogP contribution in [0.5, 0.6) is 5.75 Å². The van der Waals surface area contributed by atoms with Gasteiger partial charge in [-0.15, -0.1) is 0 Å². The number of ether oxygens (including phenoxy) is 1. The number of rotatable bonds is 3. The smallest absolute Gasteiger partial charge is 0.323 e. The van der Waals surface area contributed by atoms with Crippen LogP contribution in [0.3, 0.4) is 0 Å². The fraction of sp³-hybridized carbons (Fsp3) is 0.190. The van der Waals surface area contributed by atoms with Crippen molar-refractivity contribution >= 4 is 17.8 Å². The van der Waals surface area contributed by atoms with Crippen LogP contribution in [0.1, 0.15) is 22.9 Å². The number of hydrogen-bond acceptors (Lipinski definition) is 4. The van der Waals surface area contributed by atoms with Crippen molar-refractivity contribution in [3.8, 4) is 17.6 Å². The topological polar surface area (TPSA) is 87.7 Å². The predicted octanol–water partition coefficient (Wildman–Crippen LogP) is 1.67. The largest absolute Gasteiger partial charge is 0.497 e. The number of carbonyl (C=O) groups is 3. The lowest BCUT2D eigenvalue weighted by molar-refractivity contribution is -0.122. The molecule has 2 aliphatic rings. The first kappa shape index (κ1) is 18.5. The maximum atomic E-state index is 13.9. The number of hydrogen-bond donors (Lipinski definition) is 2. The van der Waals surface area contributed by atoms with E-state index in [2.05, 4.69) is 22.5 Å². The molecule has 0 aromatic heterocycles. The van der Waals surface area contributed by atoms with Gasteiger partial charge in [0.15, 0.2) is 0 Å². The van der Waals surface area contributed by atoms with E-state index in [1.807, 2.05) is 0 Å². The molecule has 2 aliphatic heterocycles. The Bertz CT molecular complexity index is 1110. The fourth-order valence-corrected chi connectivity index (χ4v) is 3.35. The Morgan fingerprint density at radius 2 is 2.03 bits per heavy atom. The fourth-order valence-electron chi connectivity index (χ4n) is 3.35. The molecule has 0 spiro atoms. The number of benzene rings is 2. The van der Waals surface area contributed by atoms with Crippen molar-refractivity contribution < 1.29 is 24.9 Å². The molecular formula is C21H18FN3O4. The molecule has 2 heterocycles. The number of methoxy groups -OCH3 is 1. The van der Waals surface area contributed by atoms with Crippen LogP contribution in [-0.4, -0.2) is 41.9 Å². The van der Waals surface area contributed by atoms with Gasteiger partial charge in [-0.2, -0.15) is 0 Å². The van der Waals surface area contributed by atoms with Gasteiger partial charge in [-0.25, -0.2) is 9.18 Å². The summed E-state index contributed by atoms with van der Waals surface area (Å²) in [6.45, 7) is 0.0757. The summed E-state index contributed by atoms with van der Waals surface area (Å²) in [6.07, 6.45) is 0. The van der Waals surface area contributed by atoms with Crippen LogP contribution in [0.2, 0.25) is 0 Å². The first-order valence-electron chi connectivity index (χ1n) is 8.79. The first-order valence-corrected chi connectivity index (χ1v) is 8.79. The second-order valence-electron chi connectivity index (χ2n) is 6.73. The van der Waals surface area contributed by atoms with Crippen LogP contribution >= 0.6 is 0 Å². The van der Waals surface area contributed by atoms with Gasteiger partial charge >= 0.3 is 6.03 Å². The van der Waals surface area contributed by atoms with Crippen molar-refractivity contribution in [1.29, 1.82) is 0 Å². The van der Waals surface area contributed by atoms with E-state index in [0.717, 1.165) is 5.56 Å². The van der Waals surface area contributed by atoms with Gasteiger partial charge < -0.3 is 15.0 Å². The van der Waals surface area contributed by atoms with E-state index in [0.29, 0.717) is 11.3 Å². The molecule has 4 rings (SSSR count). The molecule has 8 heteroatoms. The van der Waals surface area contributed by atoms with E-state index in [-0.39, 0.29) is 26.0 Å². The van der Waals surface area contributed by atoms with E-state index in [9.17, 15) is 18.8 Å². The molecule has 7 nitrogen and oxygen atoms in total. The summed E-state index contributed by atoms with van der Waals surface area (Å²) in [5.74, 6) is 4.30. The first-order chi connectivity index (χ1) is 13.9. The van der Waals surface area contributed by atoms with Crippen molar-refractivity contribution in [3.63, 3.8) is 0 Å². The standard InChI is InChI=1S/C21H16FN3O4.H2/c1-29-15-7-6-14-11-25(18(26)16(14)10-15)12-21(19(27)23-20(28)24-21)9-8-13-4-2-3-5-17(13)22;/h2-7,10H,11-12H2,1H3,(H2,23,24,27,28);1H/t21-;/m1./s1. The lowest BCUT2D eigenvalue weighted by Crippen LogP contribution is -2.54. The molecule has 2 aromatic carbocycles. The summed E-state index contributed by atoms with van der Waals surface area (Å²) >= 11 is 0. The van der Waals surface area contributed by atoms with E-state index < -0.39 is 23.3 Å². The molecule has 0 unspecified atom stereocenters. The second kappa shape index (κ2) is 6.95. The Hall–Kier alpha value is -3.86. The summed E-state index contributed by atoms with van der Waals surface area (Å²) in [6, 6.07) is 10.3. The Labute approximate surface area is 167 Å². The number of imide groups is 1. The minimum absolute atomic E-state index is 0. The quantitative estimate of drug-likeness (QED) is 0.611. The van der Waals surface area contributed by atoms with Gasteiger partial charge in [0.2, 0.25) is 5.54 Å². The highest BCUT2D eigenvalue weighted by atomic mass is 19.1. The van der Waals surface area contributed by atoms with Crippen molar-refractivity contribution in [1.82, 2.24) is 15.5 Å². The van der Waals surface area contributed by atoms with Gasteiger partial charge in [0, 0.05) is 13.5 Å². The zero-order valence-corrected chi connectivity index (χ0v) is 15.4. The highest BCUT2D eigenvalue weighted by molar-refractivity contribution is 6.10. The normalized spacial score (nSPS) is 19.9. The van der Waals surface area contributed by atoms with Gasteiger partial charge in [-0.1, -0.05) is 30.0 Å². The summed E-state index contributed by atoms with van der Waals surface area (Å²) in [5, 5.41) is 4.63. The van der Waals surface area contributed by atoms with Crippen molar-refractivity contribution in [2.75, 3.05) is 13.7 Å². The zero-order chi connectivity index (χ0) is 20.6. The van der Waals surface area contributed by atoms with Gasteiger partial charge in [0.25, 0.3) is 11.8 Å². The maximum Gasteiger partial charge on any atom is 0.323 e. The Morgan fingerprint density at radius 3 is 2.72 bits per heavy atom. The van der Waals surface area contributed by atoms with E-state index in [4.69, 9.17) is 4.74 Å². The second-order valence-corrected chi connectivity index (χ2v) is 6.73. The maximum absolute atomic E-state index is 13.9. The molecule has 0 radical (unpaired) electrons. The van der Waals surface area contributed by atoms with Crippen LogP contribution in [-0.2, 0) is 11.3 Å². The molecule has 0 aliphatic carbocycles. The average Bonchev–Trinajstić information content (AvgIpc) is 3.16. The zero-order valence-electron chi connectivity index (χ0n) is 15.4. The molecule has 1 atom stereocenters. The highest BCUT2D eigenvalue weighted by Gasteiger charge is 2.48. The third kappa shape index (κ3) is 3.27. The number of nitrogens with one attached hydrogen (secondary N) is 2. The van der Waals surface area contributed by atoms with Crippen molar-refractivity contribution in [3.05, 3.63) is 65.0 Å². The lowest BCUT2D eigenvalue weighted by Gasteiger charge is -2.26. The summed E-state index contributed by atoms with van der Waals surface area (Å²) in [7, 11) is 1.50. The minimum atomic E-state index is -1.68. The Kier molecular flexibility index (Phi) is 4.43. The van der Waals surface area contributed by atoms with Crippen LogP contribution < -0.4 is 15.4 Å². The van der Waals surface area contributed by atoms with Gasteiger partial charge in [-0.05, 0) is 29.8 Å². The molecule has 4 amide bonds. The SMILES string of the molecule is COc1ccc2c(c1)C(=O)N(C[C@@]1(C#Cc3ccccc3F)NC(=O)NC1=O)C2.[HH]. The Balaban J connectivity index is 0.00000256. The van der Waals surface area contributed by atoms with Crippen molar-refractivity contribution in [2.45, 2.75) is 12.1 Å².